The molecule has 0 unspecified atom stereocenters. The van der Waals surface area contributed by atoms with E-state index in [0.717, 1.165) is 56.3 Å². The first-order valence-corrected chi connectivity index (χ1v) is 11.5. The van der Waals surface area contributed by atoms with Crippen molar-refractivity contribution in [2.75, 3.05) is 56.7 Å². The first kappa shape index (κ1) is 21.8. The van der Waals surface area contributed by atoms with Gasteiger partial charge in [-0.05, 0) is 30.3 Å². The van der Waals surface area contributed by atoms with Crippen LogP contribution in [0.2, 0.25) is 5.02 Å². The Kier molecular flexibility index (Phi) is 7.19. The van der Waals surface area contributed by atoms with Gasteiger partial charge in [-0.3, -0.25) is 15.0 Å². The highest BCUT2D eigenvalue weighted by molar-refractivity contribution is 7.14. The van der Waals surface area contributed by atoms with Crippen molar-refractivity contribution in [2.45, 2.75) is 0 Å². The first-order valence-electron chi connectivity index (χ1n) is 10.2. The van der Waals surface area contributed by atoms with E-state index < -0.39 is 0 Å². The number of amides is 1. The number of anilines is 2. The summed E-state index contributed by atoms with van der Waals surface area (Å²) in [5, 5.41) is 5.97. The van der Waals surface area contributed by atoms with Crippen molar-refractivity contribution >= 4 is 39.7 Å². The average molecular weight is 457 g/mol. The zero-order chi connectivity index (χ0) is 21.6. The largest absolute Gasteiger partial charge is 0.383 e. The lowest BCUT2D eigenvalue weighted by atomic mass is 10.1. The smallest absolute Gasteiger partial charge is 0.257 e. The third-order valence-electron chi connectivity index (χ3n) is 5.35. The van der Waals surface area contributed by atoms with E-state index in [1.165, 1.54) is 11.3 Å². The molecule has 6 nitrogen and oxygen atoms in total. The Balaban J connectivity index is 1.35. The van der Waals surface area contributed by atoms with E-state index in [2.05, 4.69) is 20.1 Å². The van der Waals surface area contributed by atoms with Crippen molar-refractivity contribution in [3.05, 3.63) is 64.5 Å². The van der Waals surface area contributed by atoms with Gasteiger partial charge in [0.15, 0.2) is 5.13 Å². The third kappa shape index (κ3) is 5.43. The molecular formula is C23H25ClN4O2S. The predicted molar refractivity (Wildman–Crippen MR) is 127 cm³/mol. The van der Waals surface area contributed by atoms with Crippen LogP contribution in [0, 0.1) is 0 Å². The van der Waals surface area contributed by atoms with Crippen LogP contribution in [-0.4, -0.2) is 62.2 Å². The summed E-state index contributed by atoms with van der Waals surface area (Å²) in [5.41, 5.74) is 3.36. The van der Waals surface area contributed by atoms with Gasteiger partial charge in [0.25, 0.3) is 5.91 Å². The molecule has 31 heavy (non-hydrogen) atoms. The minimum absolute atomic E-state index is 0.170. The molecule has 0 bridgehead atoms. The molecule has 1 amide bonds. The molecule has 1 N–H and O–H groups in total. The molecule has 0 spiro atoms. The van der Waals surface area contributed by atoms with Crippen LogP contribution >= 0.6 is 22.9 Å². The normalized spacial score (nSPS) is 14.6. The molecule has 162 valence electrons. The second kappa shape index (κ2) is 10.2. The van der Waals surface area contributed by atoms with E-state index in [4.69, 9.17) is 16.3 Å². The number of carbonyl (C=O) groups is 1. The number of nitrogens with zero attached hydrogens (tertiary/aromatic N) is 3. The molecule has 8 heteroatoms. The molecule has 1 fully saturated rings. The number of hydrogen-bond donors (Lipinski definition) is 1. The number of piperazine rings is 1. The van der Waals surface area contributed by atoms with Gasteiger partial charge in [-0.25, -0.2) is 4.98 Å². The standard InChI is InChI=1S/C23H25ClN4O2S/c1-30-15-14-27-10-12-28(13-11-27)18-8-6-17(7-9-18)22(29)26-23-25-21(16-31-23)19-4-2-3-5-20(19)24/h2-9,16H,10-15H2,1H3,(H,25,26,29). The van der Waals surface area contributed by atoms with Crippen molar-refractivity contribution in [1.82, 2.24) is 9.88 Å². The molecule has 0 aliphatic carbocycles. The zero-order valence-electron chi connectivity index (χ0n) is 17.4. The van der Waals surface area contributed by atoms with Crippen LogP contribution in [0.25, 0.3) is 11.3 Å². The fourth-order valence-electron chi connectivity index (χ4n) is 3.57. The number of carbonyl (C=O) groups excluding carboxylic acids is 1. The SMILES string of the molecule is COCCN1CCN(c2ccc(C(=O)Nc3nc(-c4ccccc4Cl)cs3)cc2)CC1. The van der Waals surface area contributed by atoms with Gasteiger partial charge in [0.1, 0.15) is 0 Å². The van der Waals surface area contributed by atoms with Gasteiger partial charge < -0.3 is 9.64 Å². The molecule has 0 atom stereocenters. The summed E-state index contributed by atoms with van der Waals surface area (Å²) in [6.45, 7) is 5.71. The minimum atomic E-state index is -0.170. The molecule has 1 aromatic heterocycles. The molecule has 3 aromatic rings. The summed E-state index contributed by atoms with van der Waals surface area (Å²) < 4.78 is 5.16. The van der Waals surface area contributed by atoms with E-state index in [0.29, 0.717) is 15.7 Å². The van der Waals surface area contributed by atoms with E-state index in [-0.39, 0.29) is 5.91 Å². The van der Waals surface area contributed by atoms with E-state index in [9.17, 15) is 4.79 Å². The quantitative estimate of drug-likeness (QED) is 0.568. The number of ether oxygens (including phenoxy) is 1. The Morgan fingerprint density at radius 2 is 1.87 bits per heavy atom. The highest BCUT2D eigenvalue weighted by Gasteiger charge is 2.17. The van der Waals surface area contributed by atoms with E-state index in [1.54, 1.807) is 7.11 Å². The molecule has 2 aromatic carbocycles. The molecule has 1 saturated heterocycles. The maximum absolute atomic E-state index is 12.7. The molecule has 1 aliphatic heterocycles. The summed E-state index contributed by atoms with van der Waals surface area (Å²) in [7, 11) is 1.74. The van der Waals surface area contributed by atoms with E-state index >= 15 is 0 Å². The van der Waals surface area contributed by atoms with Crippen molar-refractivity contribution in [2.24, 2.45) is 0 Å². The van der Waals surface area contributed by atoms with Crippen LogP contribution in [0.15, 0.2) is 53.9 Å². The lowest BCUT2D eigenvalue weighted by Crippen LogP contribution is -2.47. The van der Waals surface area contributed by atoms with Crippen LogP contribution in [0.4, 0.5) is 10.8 Å². The van der Waals surface area contributed by atoms with Crippen LogP contribution in [0.1, 0.15) is 10.4 Å². The number of hydrogen-bond acceptors (Lipinski definition) is 6. The number of aromatic nitrogens is 1. The molecule has 1 aliphatic rings. The molecule has 2 heterocycles. The minimum Gasteiger partial charge on any atom is -0.383 e. The van der Waals surface area contributed by atoms with Gasteiger partial charge in [0.2, 0.25) is 0 Å². The average Bonchev–Trinajstić information content (AvgIpc) is 3.26. The summed E-state index contributed by atoms with van der Waals surface area (Å²) in [5.74, 6) is -0.170. The summed E-state index contributed by atoms with van der Waals surface area (Å²) in [6.07, 6.45) is 0. The van der Waals surface area contributed by atoms with Crippen LogP contribution < -0.4 is 10.2 Å². The fraction of sp³-hybridized carbons (Fsp3) is 0.304. The molecule has 0 saturated carbocycles. The Morgan fingerprint density at radius 3 is 2.58 bits per heavy atom. The maximum atomic E-state index is 12.7. The zero-order valence-corrected chi connectivity index (χ0v) is 19.0. The Labute approximate surface area is 191 Å². The number of methoxy groups -OCH3 is 1. The lowest BCUT2D eigenvalue weighted by molar-refractivity contribution is 0.102. The predicted octanol–water partition coefficient (Wildman–Crippen LogP) is 4.48. The molecular weight excluding hydrogens is 432 g/mol. The topological polar surface area (TPSA) is 57.7 Å². The molecule has 0 radical (unpaired) electrons. The second-order valence-corrected chi connectivity index (χ2v) is 8.61. The van der Waals surface area contributed by atoms with Crippen molar-refractivity contribution < 1.29 is 9.53 Å². The maximum Gasteiger partial charge on any atom is 0.257 e. The summed E-state index contributed by atoms with van der Waals surface area (Å²) >= 11 is 7.63. The monoisotopic (exact) mass is 456 g/mol. The second-order valence-electron chi connectivity index (χ2n) is 7.34. The number of nitrogens with one attached hydrogen (secondary N) is 1. The van der Waals surface area contributed by atoms with Crippen molar-refractivity contribution in [1.29, 1.82) is 0 Å². The Morgan fingerprint density at radius 1 is 1.13 bits per heavy atom. The number of halogens is 1. The first-order chi connectivity index (χ1) is 15.1. The number of rotatable bonds is 7. The van der Waals surface area contributed by atoms with Gasteiger partial charge in [0, 0.05) is 67.1 Å². The van der Waals surface area contributed by atoms with Crippen molar-refractivity contribution in [3.63, 3.8) is 0 Å². The summed E-state index contributed by atoms with van der Waals surface area (Å²) in [6, 6.07) is 15.3. The number of thiazole rings is 1. The van der Waals surface area contributed by atoms with Gasteiger partial charge in [-0.15, -0.1) is 11.3 Å². The lowest BCUT2D eigenvalue weighted by Gasteiger charge is -2.36. The Hall–Kier alpha value is -2.45. The number of benzene rings is 2. The Bertz CT molecular complexity index is 1020. The van der Waals surface area contributed by atoms with Crippen LogP contribution in [0.5, 0.6) is 0 Å². The van der Waals surface area contributed by atoms with Crippen LogP contribution in [0.3, 0.4) is 0 Å². The van der Waals surface area contributed by atoms with E-state index in [1.807, 2.05) is 53.9 Å². The van der Waals surface area contributed by atoms with Gasteiger partial charge >= 0.3 is 0 Å². The van der Waals surface area contributed by atoms with Crippen molar-refractivity contribution in [3.8, 4) is 11.3 Å². The van der Waals surface area contributed by atoms with Gasteiger partial charge in [-0.1, -0.05) is 29.8 Å². The van der Waals surface area contributed by atoms with Gasteiger partial charge in [-0.2, -0.15) is 0 Å². The van der Waals surface area contributed by atoms with Gasteiger partial charge in [0.05, 0.1) is 12.3 Å². The highest BCUT2D eigenvalue weighted by Crippen LogP contribution is 2.30. The highest BCUT2D eigenvalue weighted by atomic mass is 35.5. The summed E-state index contributed by atoms with van der Waals surface area (Å²) in [4.78, 5) is 21.9. The fourth-order valence-corrected chi connectivity index (χ4v) is 4.50. The third-order valence-corrected chi connectivity index (χ3v) is 6.44. The van der Waals surface area contributed by atoms with Crippen LogP contribution in [-0.2, 0) is 4.74 Å². The molecule has 4 rings (SSSR count).